The molecule has 0 saturated carbocycles. The van der Waals surface area contributed by atoms with Gasteiger partial charge in [0.1, 0.15) is 6.61 Å². The first-order valence-corrected chi connectivity index (χ1v) is 7.51. The maximum absolute atomic E-state index is 5.50. The van der Waals surface area contributed by atoms with E-state index < -0.39 is 0 Å². The summed E-state index contributed by atoms with van der Waals surface area (Å²) in [5.41, 5.74) is 3.61. The molecule has 0 aliphatic heterocycles. The second-order valence-corrected chi connectivity index (χ2v) is 5.12. The maximum atomic E-state index is 5.50. The van der Waals surface area contributed by atoms with Crippen molar-refractivity contribution in [2.45, 2.75) is 13.0 Å². The smallest absolute Gasteiger partial charge is 0.187 e. The Balaban J connectivity index is 2.59. The van der Waals surface area contributed by atoms with Crippen molar-refractivity contribution in [1.82, 2.24) is 10.7 Å². The molecule has 1 atom stereocenters. The van der Waals surface area contributed by atoms with E-state index in [0.717, 1.165) is 5.56 Å². The fraction of sp³-hybridized carbons (Fsp3) is 0.375. The number of thiocarbonyl (C=S) groups is 1. The summed E-state index contributed by atoms with van der Waals surface area (Å²) < 4.78 is 15.8. The molecule has 0 spiro atoms. The molecule has 0 unspecified atom stereocenters. The molecule has 1 rings (SSSR count). The Bertz CT molecular complexity index is 549. The van der Waals surface area contributed by atoms with Crippen LogP contribution in [0.2, 0.25) is 0 Å². The Morgan fingerprint density at radius 3 is 2.83 bits per heavy atom. The van der Waals surface area contributed by atoms with Crippen LogP contribution in [0.25, 0.3) is 0 Å². The molecule has 0 saturated heterocycles. The Hall–Kier alpha value is -2.12. The van der Waals surface area contributed by atoms with E-state index in [2.05, 4.69) is 22.4 Å². The normalized spacial score (nSPS) is 11.8. The van der Waals surface area contributed by atoms with E-state index in [-0.39, 0.29) is 6.04 Å². The van der Waals surface area contributed by atoms with E-state index >= 15 is 0 Å². The van der Waals surface area contributed by atoms with Crippen molar-refractivity contribution in [2.24, 2.45) is 5.10 Å². The maximum Gasteiger partial charge on any atom is 0.187 e. The van der Waals surface area contributed by atoms with E-state index in [4.69, 9.17) is 26.4 Å². The Labute approximate surface area is 142 Å². The third-order valence-corrected chi connectivity index (χ3v) is 2.93. The summed E-state index contributed by atoms with van der Waals surface area (Å²) in [5, 5.41) is 7.57. The molecule has 0 heterocycles. The zero-order valence-corrected chi connectivity index (χ0v) is 14.5. The zero-order valence-electron chi connectivity index (χ0n) is 13.7. The number of hydrogen-bond donors (Lipinski definition) is 2. The van der Waals surface area contributed by atoms with Gasteiger partial charge in [-0.2, -0.15) is 5.10 Å². The Kier molecular flexibility index (Phi) is 8.71. The van der Waals surface area contributed by atoms with Crippen LogP contribution in [0.15, 0.2) is 36.0 Å². The van der Waals surface area contributed by atoms with Gasteiger partial charge >= 0.3 is 0 Å². The lowest BCUT2D eigenvalue weighted by atomic mass is 10.2. The number of nitrogens with one attached hydrogen (secondary N) is 2. The molecule has 0 amide bonds. The highest BCUT2D eigenvalue weighted by Crippen LogP contribution is 2.27. The largest absolute Gasteiger partial charge is 0.493 e. The minimum Gasteiger partial charge on any atom is -0.493 e. The highest BCUT2D eigenvalue weighted by molar-refractivity contribution is 7.80. The molecule has 1 aromatic rings. The predicted octanol–water partition coefficient (Wildman–Crippen LogP) is 2.09. The van der Waals surface area contributed by atoms with Gasteiger partial charge in [0, 0.05) is 13.2 Å². The lowest BCUT2D eigenvalue weighted by molar-refractivity contribution is 0.179. The highest BCUT2D eigenvalue weighted by Gasteiger charge is 2.05. The molecule has 0 fully saturated rings. The fourth-order valence-electron chi connectivity index (χ4n) is 1.75. The van der Waals surface area contributed by atoms with Crippen LogP contribution in [0.4, 0.5) is 0 Å². The summed E-state index contributed by atoms with van der Waals surface area (Å²) >= 11 is 5.13. The summed E-state index contributed by atoms with van der Waals surface area (Å²) in [6.07, 6.45) is 3.33. The van der Waals surface area contributed by atoms with Gasteiger partial charge in [-0.15, -0.1) is 0 Å². The molecule has 1 aromatic carbocycles. The van der Waals surface area contributed by atoms with Crippen molar-refractivity contribution in [2.75, 3.05) is 27.4 Å². The van der Waals surface area contributed by atoms with Gasteiger partial charge in [0.15, 0.2) is 16.6 Å². The molecule has 7 heteroatoms. The van der Waals surface area contributed by atoms with E-state index in [1.807, 2.05) is 25.1 Å². The van der Waals surface area contributed by atoms with E-state index in [1.54, 1.807) is 26.5 Å². The van der Waals surface area contributed by atoms with Crippen LogP contribution < -0.4 is 20.2 Å². The number of ether oxygens (including phenoxy) is 3. The summed E-state index contributed by atoms with van der Waals surface area (Å²) in [5.74, 6) is 1.29. The van der Waals surface area contributed by atoms with E-state index in [1.165, 1.54) is 0 Å². The molecule has 0 bridgehead atoms. The van der Waals surface area contributed by atoms with E-state index in [0.29, 0.717) is 29.8 Å². The van der Waals surface area contributed by atoms with Crippen LogP contribution in [-0.2, 0) is 4.74 Å². The lowest BCUT2D eigenvalue weighted by Crippen LogP contribution is -2.40. The SMILES string of the molecule is C=CCOc1ccc(/C=N\NC(=S)N[C@H](C)COC)cc1OC. The van der Waals surface area contributed by atoms with Crippen molar-refractivity contribution in [3.63, 3.8) is 0 Å². The summed E-state index contributed by atoms with van der Waals surface area (Å²) in [7, 11) is 3.23. The monoisotopic (exact) mass is 337 g/mol. The number of rotatable bonds is 9. The third kappa shape index (κ3) is 7.12. The van der Waals surface area contributed by atoms with E-state index in [9.17, 15) is 0 Å². The molecule has 0 aliphatic rings. The van der Waals surface area contributed by atoms with Gasteiger partial charge in [0.05, 0.1) is 19.9 Å². The van der Waals surface area contributed by atoms with Gasteiger partial charge in [-0.1, -0.05) is 12.7 Å². The molecule has 0 aliphatic carbocycles. The first kappa shape index (κ1) is 18.9. The van der Waals surface area contributed by atoms with Crippen LogP contribution in [0.5, 0.6) is 11.5 Å². The quantitative estimate of drug-likeness (QED) is 0.311. The lowest BCUT2D eigenvalue weighted by Gasteiger charge is -2.13. The minimum absolute atomic E-state index is 0.108. The summed E-state index contributed by atoms with van der Waals surface area (Å²) in [6.45, 7) is 6.57. The second-order valence-electron chi connectivity index (χ2n) is 4.71. The molecule has 0 aromatic heterocycles. The third-order valence-electron chi connectivity index (χ3n) is 2.72. The fourth-order valence-corrected chi connectivity index (χ4v) is 2.00. The zero-order chi connectivity index (χ0) is 17.1. The van der Waals surface area contributed by atoms with Gasteiger partial charge in [-0.3, -0.25) is 5.43 Å². The average molecular weight is 337 g/mol. The number of benzene rings is 1. The number of nitrogens with zero attached hydrogens (tertiary/aromatic N) is 1. The molecule has 23 heavy (non-hydrogen) atoms. The van der Waals surface area contributed by atoms with Crippen LogP contribution in [-0.4, -0.2) is 44.8 Å². The average Bonchev–Trinajstić information content (AvgIpc) is 2.53. The van der Waals surface area contributed by atoms with Crippen molar-refractivity contribution >= 4 is 23.5 Å². The summed E-state index contributed by atoms with van der Waals surface area (Å²) in [6, 6.07) is 5.63. The van der Waals surface area contributed by atoms with Crippen molar-refractivity contribution in [3.8, 4) is 11.5 Å². The Morgan fingerprint density at radius 2 is 2.17 bits per heavy atom. The molecule has 6 nitrogen and oxygen atoms in total. The van der Waals surface area contributed by atoms with Gasteiger partial charge in [0.2, 0.25) is 0 Å². The molecular weight excluding hydrogens is 314 g/mol. The van der Waals surface area contributed by atoms with Crippen molar-refractivity contribution in [3.05, 3.63) is 36.4 Å². The van der Waals surface area contributed by atoms with Crippen LogP contribution in [0, 0.1) is 0 Å². The van der Waals surface area contributed by atoms with Gasteiger partial charge in [-0.25, -0.2) is 0 Å². The molecule has 2 N–H and O–H groups in total. The Morgan fingerprint density at radius 1 is 1.39 bits per heavy atom. The summed E-state index contributed by atoms with van der Waals surface area (Å²) in [4.78, 5) is 0. The molecule has 126 valence electrons. The predicted molar refractivity (Wildman–Crippen MR) is 96.5 cm³/mol. The molecular formula is C16H23N3O3S. The topological polar surface area (TPSA) is 64.1 Å². The van der Waals surface area contributed by atoms with Crippen LogP contribution >= 0.6 is 12.2 Å². The minimum atomic E-state index is 0.108. The first-order valence-electron chi connectivity index (χ1n) is 7.11. The number of hydrazone groups is 1. The first-order chi connectivity index (χ1) is 11.1. The van der Waals surface area contributed by atoms with Crippen molar-refractivity contribution < 1.29 is 14.2 Å². The van der Waals surface area contributed by atoms with Gasteiger partial charge < -0.3 is 19.5 Å². The van der Waals surface area contributed by atoms with Crippen LogP contribution in [0.1, 0.15) is 12.5 Å². The van der Waals surface area contributed by atoms with Crippen molar-refractivity contribution in [1.29, 1.82) is 0 Å². The number of hydrogen-bond acceptors (Lipinski definition) is 5. The highest BCUT2D eigenvalue weighted by atomic mass is 32.1. The van der Waals surface area contributed by atoms with Gasteiger partial charge in [-0.05, 0) is 42.9 Å². The second kappa shape index (κ2) is 10.6. The molecule has 0 radical (unpaired) electrons. The van der Waals surface area contributed by atoms with Crippen LogP contribution in [0.3, 0.4) is 0 Å². The standard InChI is InChI=1S/C16H23N3O3S/c1-5-8-22-14-7-6-13(9-15(14)21-4)10-17-19-16(23)18-12(2)11-20-3/h5-7,9-10,12H,1,8,11H2,2-4H3,(H2,18,19,23)/b17-10-/t12-/m1/s1. The number of methoxy groups -OCH3 is 2. The van der Waals surface area contributed by atoms with Gasteiger partial charge in [0.25, 0.3) is 0 Å².